The number of nitrogens with zero attached hydrogens (tertiary/aromatic N) is 3. The number of aryl methyl sites for hydroxylation is 1. The first kappa shape index (κ1) is 25.6. The van der Waals surface area contributed by atoms with Gasteiger partial charge in [-0.15, -0.1) is 0 Å². The maximum Gasteiger partial charge on any atom is 0.349 e. The van der Waals surface area contributed by atoms with Gasteiger partial charge in [0, 0.05) is 30.1 Å². The third-order valence-electron chi connectivity index (χ3n) is 4.95. The number of benzene rings is 1. The maximum absolute atomic E-state index is 12.3. The normalized spacial score (nSPS) is 11.2. The van der Waals surface area contributed by atoms with Crippen molar-refractivity contribution in [2.24, 2.45) is 5.92 Å². The van der Waals surface area contributed by atoms with Crippen LogP contribution < -0.4 is 5.32 Å². The van der Waals surface area contributed by atoms with Crippen LogP contribution in [0.5, 0.6) is 0 Å². The number of esters is 1. The predicted octanol–water partition coefficient (Wildman–Crippen LogP) is 4.80. The molecule has 1 aromatic heterocycles. The molecule has 33 heavy (non-hydrogen) atoms. The average molecular weight is 473 g/mol. The van der Waals surface area contributed by atoms with E-state index in [4.69, 9.17) is 16.3 Å². The van der Waals surface area contributed by atoms with E-state index in [1.54, 1.807) is 0 Å². The number of nitro benzene ring substituents is 1. The highest BCUT2D eigenvalue weighted by atomic mass is 35.5. The Labute approximate surface area is 196 Å². The van der Waals surface area contributed by atoms with Gasteiger partial charge < -0.3 is 14.6 Å². The number of non-ortho nitro benzene ring substituents is 1. The van der Waals surface area contributed by atoms with Crippen molar-refractivity contribution in [1.82, 2.24) is 4.57 Å². The summed E-state index contributed by atoms with van der Waals surface area (Å²) in [6.07, 6.45) is 2.45. The van der Waals surface area contributed by atoms with Crippen LogP contribution in [0.4, 0.5) is 11.4 Å². The van der Waals surface area contributed by atoms with E-state index >= 15 is 0 Å². The number of aromatic nitrogens is 1. The molecule has 174 valence electrons. The number of nitrogens with one attached hydrogen (secondary N) is 1. The fourth-order valence-electron chi connectivity index (χ4n) is 3.11. The molecule has 9 nitrogen and oxygen atoms in total. The first-order valence-electron chi connectivity index (χ1n) is 10.2. The quantitative estimate of drug-likeness (QED) is 0.183. The van der Waals surface area contributed by atoms with E-state index in [1.165, 1.54) is 18.2 Å². The molecule has 0 atom stereocenters. The van der Waals surface area contributed by atoms with Crippen molar-refractivity contribution in [3.05, 3.63) is 61.9 Å². The van der Waals surface area contributed by atoms with Crippen LogP contribution in [0.25, 0.3) is 6.08 Å². The van der Waals surface area contributed by atoms with Gasteiger partial charge >= 0.3 is 5.97 Å². The summed E-state index contributed by atoms with van der Waals surface area (Å²) in [5, 5.41) is 22.5. The van der Waals surface area contributed by atoms with Crippen molar-refractivity contribution in [3.8, 4) is 6.07 Å². The smallest absolute Gasteiger partial charge is 0.349 e. The van der Waals surface area contributed by atoms with Crippen LogP contribution in [-0.4, -0.2) is 28.0 Å². The Bertz CT molecular complexity index is 1140. The number of anilines is 1. The largest absolute Gasteiger partial charge is 0.451 e. The fourth-order valence-corrected chi connectivity index (χ4v) is 3.33. The number of hydrogen-bond donors (Lipinski definition) is 1. The molecule has 2 rings (SSSR count). The zero-order chi connectivity index (χ0) is 24.7. The summed E-state index contributed by atoms with van der Waals surface area (Å²) in [5.41, 5.74) is 2.35. The van der Waals surface area contributed by atoms with Gasteiger partial charge in [0.2, 0.25) is 0 Å². The van der Waals surface area contributed by atoms with Crippen molar-refractivity contribution < 1.29 is 19.2 Å². The van der Waals surface area contributed by atoms with Gasteiger partial charge in [-0.1, -0.05) is 25.4 Å². The highest BCUT2D eigenvalue weighted by molar-refractivity contribution is 6.34. The third-order valence-corrected chi connectivity index (χ3v) is 5.27. The second-order valence-corrected chi connectivity index (χ2v) is 8.28. The lowest BCUT2D eigenvalue weighted by molar-refractivity contribution is -0.384. The molecule has 1 heterocycles. The number of amides is 1. The molecule has 0 radical (unpaired) electrons. The number of nitro groups is 1. The minimum absolute atomic E-state index is 0.0330. The number of hydrogen-bond acceptors (Lipinski definition) is 6. The highest BCUT2D eigenvalue weighted by Gasteiger charge is 2.17. The summed E-state index contributed by atoms with van der Waals surface area (Å²) in [7, 11) is 0. The minimum Gasteiger partial charge on any atom is -0.451 e. The number of carbonyl (C=O) groups is 2. The number of carbonyl (C=O) groups excluding carboxylic acids is 2. The van der Waals surface area contributed by atoms with Crippen molar-refractivity contribution in [2.45, 2.75) is 40.7 Å². The average Bonchev–Trinajstić information content (AvgIpc) is 3.02. The van der Waals surface area contributed by atoms with Crippen LogP contribution in [0.3, 0.4) is 0 Å². The topological polar surface area (TPSA) is 127 Å². The molecule has 10 heteroatoms. The van der Waals surface area contributed by atoms with E-state index in [-0.39, 0.29) is 22.0 Å². The first-order valence-corrected chi connectivity index (χ1v) is 10.6. The molecule has 0 bridgehead atoms. The molecule has 0 aliphatic carbocycles. The van der Waals surface area contributed by atoms with E-state index in [1.807, 2.05) is 26.0 Å². The van der Waals surface area contributed by atoms with E-state index in [0.29, 0.717) is 5.92 Å². The Morgan fingerprint density at radius 1 is 1.33 bits per heavy atom. The van der Waals surface area contributed by atoms with Crippen LogP contribution in [0.1, 0.15) is 37.2 Å². The van der Waals surface area contributed by atoms with E-state index in [9.17, 15) is 25.0 Å². The van der Waals surface area contributed by atoms with Crippen LogP contribution in [0.15, 0.2) is 29.8 Å². The van der Waals surface area contributed by atoms with Gasteiger partial charge in [0.05, 0.1) is 15.6 Å². The zero-order valence-corrected chi connectivity index (χ0v) is 19.6. The van der Waals surface area contributed by atoms with Crippen molar-refractivity contribution in [3.63, 3.8) is 0 Å². The number of ether oxygens (including phenoxy) is 1. The lowest BCUT2D eigenvalue weighted by Crippen LogP contribution is -2.21. The molecule has 0 aliphatic heterocycles. The standard InChI is InChI=1S/C23H25ClN4O5/c1-14(2)7-8-27-15(3)9-17(16(27)4)10-18(12-25)23(30)33-13-22(29)26-21-6-5-19(28(31)32)11-20(21)24/h5-6,9-11,14H,7-8,13H2,1-4H3,(H,26,29)/b18-10+. The minimum atomic E-state index is -0.936. The molecule has 0 unspecified atom stereocenters. The van der Waals surface area contributed by atoms with Crippen LogP contribution in [0, 0.1) is 41.2 Å². The van der Waals surface area contributed by atoms with Gasteiger partial charge in [-0.05, 0) is 50.0 Å². The summed E-state index contributed by atoms with van der Waals surface area (Å²) in [6.45, 7) is 8.35. The Kier molecular flexibility index (Phi) is 8.77. The van der Waals surface area contributed by atoms with Crippen molar-refractivity contribution >= 4 is 40.9 Å². The molecule has 0 aliphatic rings. The monoisotopic (exact) mass is 472 g/mol. The van der Waals surface area contributed by atoms with Crippen molar-refractivity contribution in [1.29, 1.82) is 5.26 Å². The second kappa shape index (κ2) is 11.3. The number of nitriles is 1. The maximum atomic E-state index is 12.3. The van der Waals surface area contributed by atoms with Gasteiger partial charge in [0.25, 0.3) is 11.6 Å². The van der Waals surface area contributed by atoms with Gasteiger partial charge in [0.1, 0.15) is 11.6 Å². The van der Waals surface area contributed by atoms with E-state index in [0.717, 1.165) is 36.0 Å². The Morgan fingerprint density at radius 2 is 2.03 bits per heavy atom. The molecule has 0 spiro atoms. The summed E-state index contributed by atoms with van der Waals surface area (Å²) >= 11 is 5.93. The lowest BCUT2D eigenvalue weighted by atomic mass is 10.1. The van der Waals surface area contributed by atoms with Crippen molar-refractivity contribution in [2.75, 3.05) is 11.9 Å². The summed E-state index contributed by atoms with van der Waals surface area (Å²) in [6, 6.07) is 7.26. The summed E-state index contributed by atoms with van der Waals surface area (Å²) in [5.74, 6) is -1.10. The summed E-state index contributed by atoms with van der Waals surface area (Å²) < 4.78 is 7.09. The van der Waals surface area contributed by atoms with Crippen LogP contribution >= 0.6 is 11.6 Å². The number of halogens is 1. The third kappa shape index (κ3) is 6.92. The van der Waals surface area contributed by atoms with Crippen LogP contribution in [-0.2, 0) is 20.9 Å². The Balaban J connectivity index is 2.05. The highest BCUT2D eigenvalue weighted by Crippen LogP contribution is 2.26. The van der Waals surface area contributed by atoms with E-state index in [2.05, 4.69) is 23.7 Å². The molecule has 0 saturated heterocycles. The SMILES string of the molecule is Cc1cc(/C=C(\C#N)C(=O)OCC(=O)Nc2ccc([N+](=O)[O-])cc2Cl)c(C)n1CCC(C)C. The Morgan fingerprint density at radius 3 is 2.61 bits per heavy atom. The van der Waals surface area contributed by atoms with Gasteiger partial charge in [-0.2, -0.15) is 5.26 Å². The molecule has 2 aromatic rings. The predicted molar refractivity (Wildman–Crippen MR) is 125 cm³/mol. The molecule has 1 amide bonds. The molecule has 0 saturated carbocycles. The lowest BCUT2D eigenvalue weighted by Gasteiger charge is -2.11. The van der Waals surface area contributed by atoms with E-state index < -0.39 is 23.4 Å². The molecular weight excluding hydrogens is 448 g/mol. The molecule has 1 aromatic carbocycles. The molecule has 0 fully saturated rings. The van der Waals surface area contributed by atoms with Gasteiger partial charge in [-0.25, -0.2) is 4.79 Å². The second-order valence-electron chi connectivity index (χ2n) is 7.88. The number of rotatable bonds is 9. The summed E-state index contributed by atoms with van der Waals surface area (Å²) in [4.78, 5) is 34.6. The van der Waals surface area contributed by atoms with Gasteiger partial charge in [-0.3, -0.25) is 14.9 Å². The van der Waals surface area contributed by atoms with Crippen LogP contribution in [0.2, 0.25) is 5.02 Å². The zero-order valence-electron chi connectivity index (χ0n) is 18.8. The molecular formula is C23H25ClN4O5. The molecule has 1 N–H and O–H groups in total. The first-order chi connectivity index (χ1) is 15.5. The fraction of sp³-hybridized carbons (Fsp3) is 0.348. The Hall–Kier alpha value is -3.64. The van der Waals surface area contributed by atoms with Gasteiger partial charge in [0.15, 0.2) is 6.61 Å².